The van der Waals surface area contributed by atoms with E-state index in [4.69, 9.17) is 0 Å². The summed E-state index contributed by atoms with van der Waals surface area (Å²) in [5.41, 5.74) is 1.07. The third kappa shape index (κ3) is 7.26. The van der Waals surface area contributed by atoms with E-state index in [2.05, 4.69) is 55.2 Å². The molecular formula is C22H24S. The Morgan fingerprint density at radius 3 is 2.30 bits per heavy atom. The lowest BCUT2D eigenvalue weighted by Crippen LogP contribution is -1.82. The van der Waals surface area contributed by atoms with Crippen molar-refractivity contribution in [3.63, 3.8) is 0 Å². The van der Waals surface area contributed by atoms with E-state index in [-0.39, 0.29) is 0 Å². The van der Waals surface area contributed by atoms with Crippen LogP contribution in [-0.4, -0.2) is 0 Å². The predicted octanol–water partition coefficient (Wildman–Crippen LogP) is 6.68. The van der Waals surface area contributed by atoms with Crippen LogP contribution in [0, 0.1) is 11.8 Å². The largest absolute Gasteiger partial charge is 0.0939 e. The van der Waals surface area contributed by atoms with Gasteiger partial charge in [-0.05, 0) is 48.1 Å². The highest BCUT2D eigenvalue weighted by Gasteiger charge is 2.00. The van der Waals surface area contributed by atoms with E-state index in [0.29, 0.717) is 0 Å². The molecule has 0 amide bonds. The lowest BCUT2D eigenvalue weighted by atomic mass is 10.1. The molecule has 2 aromatic carbocycles. The van der Waals surface area contributed by atoms with Crippen molar-refractivity contribution in [2.24, 2.45) is 0 Å². The van der Waals surface area contributed by atoms with E-state index < -0.39 is 0 Å². The van der Waals surface area contributed by atoms with E-state index in [0.717, 1.165) is 12.0 Å². The highest BCUT2D eigenvalue weighted by Crippen LogP contribution is 2.30. The molecule has 118 valence electrons. The summed E-state index contributed by atoms with van der Waals surface area (Å²) in [6.07, 6.45) is 8.35. The number of allylic oxidation sites excluding steroid dienone is 2. The molecule has 0 saturated carbocycles. The van der Waals surface area contributed by atoms with E-state index in [1.807, 2.05) is 42.1 Å². The highest BCUT2D eigenvalue weighted by molar-refractivity contribution is 8.03. The van der Waals surface area contributed by atoms with Crippen molar-refractivity contribution in [1.82, 2.24) is 0 Å². The quantitative estimate of drug-likeness (QED) is 0.311. The van der Waals surface area contributed by atoms with Gasteiger partial charge in [0.05, 0.1) is 0 Å². The second-order valence-electron chi connectivity index (χ2n) is 5.47. The average molecular weight is 321 g/mol. The third-order valence-corrected chi connectivity index (χ3v) is 4.58. The first-order valence-corrected chi connectivity index (χ1v) is 9.18. The van der Waals surface area contributed by atoms with Gasteiger partial charge in [-0.2, -0.15) is 0 Å². The number of benzene rings is 2. The number of rotatable bonds is 7. The van der Waals surface area contributed by atoms with Crippen LogP contribution < -0.4 is 0 Å². The van der Waals surface area contributed by atoms with Crippen LogP contribution in [0.4, 0.5) is 0 Å². The lowest BCUT2D eigenvalue weighted by molar-refractivity contribution is 0.672. The summed E-state index contributed by atoms with van der Waals surface area (Å²) in [7, 11) is 0. The van der Waals surface area contributed by atoms with Gasteiger partial charge in [0.2, 0.25) is 0 Å². The molecule has 0 aromatic heterocycles. The Balaban J connectivity index is 2.02. The van der Waals surface area contributed by atoms with Crippen LogP contribution in [-0.2, 0) is 0 Å². The Kier molecular flexibility index (Phi) is 8.16. The van der Waals surface area contributed by atoms with Gasteiger partial charge >= 0.3 is 0 Å². The van der Waals surface area contributed by atoms with Gasteiger partial charge in [0.1, 0.15) is 0 Å². The fraction of sp³-hybridized carbons (Fsp3) is 0.273. The Bertz CT molecular complexity index is 645. The fourth-order valence-corrected chi connectivity index (χ4v) is 3.20. The van der Waals surface area contributed by atoms with Crippen molar-refractivity contribution in [1.29, 1.82) is 0 Å². The molecule has 0 aliphatic heterocycles. The second-order valence-corrected chi connectivity index (χ2v) is 6.67. The number of unbranched alkanes of at least 4 members (excludes halogenated alkanes) is 3. The molecule has 0 aliphatic rings. The molecular weight excluding hydrogens is 296 g/mol. The maximum Gasteiger partial charge on any atom is 0.0248 e. The normalized spacial score (nSPS) is 10.9. The van der Waals surface area contributed by atoms with Gasteiger partial charge in [-0.25, -0.2) is 0 Å². The topological polar surface area (TPSA) is 0 Å². The minimum Gasteiger partial charge on any atom is -0.0939 e. The first kappa shape index (κ1) is 17.4. The van der Waals surface area contributed by atoms with Gasteiger partial charge in [0.15, 0.2) is 0 Å². The molecule has 1 heteroatoms. The van der Waals surface area contributed by atoms with Crippen LogP contribution in [0.25, 0.3) is 0 Å². The van der Waals surface area contributed by atoms with Crippen molar-refractivity contribution in [3.8, 4) is 11.8 Å². The van der Waals surface area contributed by atoms with Gasteiger partial charge in [-0.1, -0.05) is 86.2 Å². The summed E-state index contributed by atoms with van der Waals surface area (Å²) >= 11 is 1.84. The van der Waals surface area contributed by atoms with Gasteiger partial charge in [0, 0.05) is 10.5 Å². The second kappa shape index (κ2) is 10.8. The molecule has 0 nitrogen and oxygen atoms in total. The maximum absolute atomic E-state index is 3.23. The summed E-state index contributed by atoms with van der Waals surface area (Å²) in [6.45, 7) is 2.25. The Morgan fingerprint density at radius 1 is 0.913 bits per heavy atom. The smallest absolute Gasteiger partial charge is 0.0248 e. The SMILES string of the molecule is CCCCCC/C(=C/C#Cc1ccccc1)Sc1ccccc1. The monoisotopic (exact) mass is 320 g/mol. The summed E-state index contributed by atoms with van der Waals surface area (Å²) in [4.78, 5) is 2.64. The van der Waals surface area contributed by atoms with Gasteiger partial charge in [-0.3, -0.25) is 0 Å². The number of thioether (sulfide) groups is 1. The summed E-state index contributed by atoms with van der Waals surface area (Å²) in [6, 6.07) is 20.7. The molecule has 0 atom stereocenters. The minimum absolute atomic E-state index is 1.07. The first-order valence-electron chi connectivity index (χ1n) is 8.37. The summed E-state index contributed by atoms with van der Waals surface area (Å²) < 4.78 is 0. The zero-order valence-corrected chi connectivity index (χ0v) is 14.6. The van der Waals surface area contributed by atoms with E-state index in [1.165, 1.54) is 35.5 Å². The maximum atomic E-state index is 3.23. The highest BCUT2D eigenvalue weighted by atomic mass is 32.2. The summed E-state index contributed by atoms with van der Waals surface area (Å²) in [5, 5.41) is 0. The van der Waals surface area contributed by atoms with Gasteiger partial charge in [0.25, 0.3) is 0 Å². The van der Waals surface area contributed by atoms with Crippen LogP contribution >= 0.6 is 11.8 Å². The number of hydrogen-bond acceptors (Lipinski definition) is 1. The standard InChI is InChI=1S/C22H24S/c1-2-3-4-9-16-22(23-21-17-10-6-11-18-21)19-12-15-20-13-7-5-8-14-20/h5-8,10-11,13-14,17-19H,2-4,9,16H2,1H3/b22-19-. The zero-order chi connectivity index (χ0) is 16.2. The fourth-order valence-electron chi connectivity index (χ4n) is 2.24. The molecule has 2 rings (SSSR count). The van der Waals surface area contributed by atoms with Crippen molar-refractivity contribution in [2.75, 3.05) is 0 Å². The van der Waals surface area contributed by atoms with Crippen molar-refractivity contribution < 1.29 is 0 Å². The van der Waals surface area contributed by atoms with Crippen LogP contribution in [0.2, 0.25) is 0 Å². The molecule has 0 unspecified atom stereocenters. The molecule has 0 fully saturated rings. The molecule has 0 heterocycles. The third-order valence-electron chi connectivity index (χ3n) is 3.49. The van der Waals surface area contributed by atoms with Crippen LogP contribution in [0.3, 0.4) is 0 Å². The molecule has 0 spiro atoms. The van der Waals surface area contributed by atoms with Crippen molar-refractivity contribution >= 4 is 11.8 Å². The van der Waals surface area contributed by atoms with Gasteiger partial charge < -0.3 is 0 Å². The average Bonchev–Trinajstić information content (AvgIpc) is 2.60. The zero-order valence-electron chi connectivity index (χ0n) is 13.8. The van der Waals surface area contributed by atoms with Crippen LogP contribution in [0.1, 0.15) is 44.6 Å². The molecule has 23 heavy (non-hydrogen) atoms. The lowest BCUT2D eigenvalue weighted by Gasteiger charge is -2.06. The molecule has 0 saturated heterocycles. The molecule has 0 bridgehead atoms. The Labute approximate surface area is 145 Å². The van der Waals surface area contributed by atoms with Crippen molar-refractivity contribution in [2.45, 2.75) is 43.9 Å². The molecule has 0 N–H and O–H groups in total. The number of hydrogen-bond donors (Lipinski definition) is 0. The van der Waals surface area contributed by atoms with Crippen LogP contribution in [0.15, 0.2) is 76.5 Å². The Hall–Kier alpha value is -1.91. The molecule has 2 aromatic rings. The Morgan fingerprint density at radius 2 is 1.61 bits per heavy atom. The minimum atomic E-state index is 1.07. The van der Waals surface area contributed by atoms with E-state index in [1.54, 1.807) is 0 Å². The first-order chi connectivity index (χ1) is 11.4. The van der Waals surface area contributed by atoms with Crippen LogP contribution in [0.5, 0.6) is 0 Å². The predicted molar refractivity (Wildman–Crippen MR) is 102 cm³/mol. The van der Waals surface area contributed by atoms with E-state index in [9.17, 15) is 0 Å². The molecule has 0 radical (unpaired) electrons. The van der Waals surface area contributed by atoms with Crippen molar-refractivity contribution in [3.05, 3.63) is 77.2 Å². The van der Waals surface area contributed by atoms with Gasteiger partial charge in [-0.15, -0.1) is 0 Å². The molecule has 0 aliphatic carbocycles. The van der Waals surface area contributed by atoms with E-state index >= 15 is 0 Å². The summed E-state index contributed by atoms with van der Waals surface area (Å²) in [5.74, 6) is 6.45.